The minimum Gasteiger partial charge on any atom is -0.426 e. The minimum absolute atomic E-state index is 0.238. The lowest BCUT2D eigenvalue weighted by Crippen LogP contribution is -2.25. The van der Waals surface area contributed by atoms with E-state index < -0.39 is 10.0 Å². The van der Waals surface area contributed by atoms with Crippen LogP contribution < -0.4 is 4.72 Å². The molecule has 0 spiro atoms. The summed E-state index contributed by atoms with van der Waals surface area (Å²) in [7, 11) is -3.40. The Kier molecular flexibility index (Phi) is 3.55. The van der Waals surface area contributed by atoms with E-state index in [0.717, 1.165) is 0 Å². The second-order valence-electron chi connectivity index (χ2n) is 3.29. The minimum atomic E-state index is -3.40. The molecule has 0 saturated heterocycles. The van der Waals surface area contributed by atoms with Gasteiger partial charge >= 0.3 is 0 Å². The quantitative estimate of drug-likeness (QED) is 0.877. The summed E-state index contributed by atoms with van der Waals surface area (Å²) in [5.74, 6) is 0.900. The van der Waals surface area contributed by atoms with Crippen LogP contribution >= 0.6 is 11.3 Å². The first-order chi connectivity index (χ1) is 8.08. The van der Waals surface area contributed by atoms with Gasteiger partial charge in [0.2, 0.25) is 21.8 Å². The van der Waals surface area contributed by atoms with E-state index in [0.29, 0.717) is 22.4 Å². The molecule has 0 fully saturated rings. The lowest BCUT2D eigenvalue weighted by Gasteiger charge is -2.02. The van der Waals surface area contributed by atoms with E-state index >= 15 is 0 Å². The first-order valence-corrected chi connectivity index (χ1v) is 7.26. The summed E-state index contributed by atoms with van der Waals surface area (Å²) in [6.45, 7) is 1.92. The van der Waals surface area contributed by atoms with Crippen molar-refractivity contribution in [1.29, 1.82) is 0 Å². The second kappa shape index (κ2) is 4.94. The molecule has 0 aliphatic carbocycles. The zero-order valence-electron chi connectivity index (χ0n) is 9.08. The summed E-state index contributed by atoms with van der Waals surface area (Å²) in [6.07, 6.45) is 0.380. The van der Waals surface area contributed by atoms with Crippen molar-refractivity contribution in [2.45, 2.75) is 17.6 Å². The Morgan fingerprint density at radius 1 is 1.47 bits per heavy atom. The van der Waals surface area contributed by atoms with Crippen LogP contribution in [0.2, 0.25) is 0 Å². The summed E-state index contributed by atoms with van der Waals surface area (Å²) < 4.78 is 31.4. The van der Waals surface area contributed by atoms with E-state index in [2.05, 4.69) is 14.9 Å². The molecule has 0 bridgehead atoms. The molecule has 0 saturated carbocycles. The Morgan fingerprint density at radius 2 is 2.29 bits per heavy atom. The molecule has 0 amide bonds. The van der Waals surface area contributed by atoms with E-state index in [4.69, 9.17) is 4.42 Å². The predicted octanol–water partition coefficient (Wildman–Crippen LogP) is 0.961. The van der Waals surface area contributed by atoms with Gasteiger partial charge in [-0.15, -0.1) is 21.5 Å². The van der Waals surface area contributed by atoms with Crippen LogP contribution in [0.25, 0.3) is 0 Å². The molecule has 2 rings (SSSR count). The largest absolute Gasteiger partial charge is 0.426 e. The fourth-order valence-electron chi connectivity index (χ4n) is 1.22. The van der Waals surface area contributed by atoms with Gasteiger partial charge in [0.25, 0.3) is 0 Å². The van der Waals surface area contributed by atoms with Gasteiger partial charge in [-0.25, -0.2) is 13.1 Å². The molecule has 6 nitrogen and oxygen atoms in total. The summed E-state index contributed by atoms with van der Waals surface area (Å²) in [4.78, 5) is 0. The SMILES string of the molecule is Cc1nnc(CCNS(=O)(=O)c2cccs2)o1. The average Bonchev–Trinajstić information content (AvgIpc) is 2.89. The number of aromatic nitrogens is 2. The predicted molar refractivity (Wildman–Crippen MR) is 62.2 cm³/mol. The van der Waals surface area contributed by atoms with Crippen molar-refractivity contribution in [2.75, 3.05) is 6.54 Å². The van der Waals surface area contributed by atoms with Crippen molar-refractivity contribution in [3.05, 3.63) is 29.3 Å². The molecule has 0 unspecified atom stereocenters. The van der Waals surface area contributed by atoms with Crippen molar-refractivity contribution in [2.24, 2.45) is 0 Å². The third-order valence-electron chi connectivity index (χ3n) is 1.96. The zero-order chi connectivity index (χ0) is 12.3. The molecule has 1 N–H and O–H groups in total. The topological polar surface area (TPSA) is 85.1 Å². The molecule has 2 aromatic heterocycles. The Labute approximate surface area is 103 Å². The number of hydrogen-bond acceptors (Lipinski definition) is 6. The molecule has 8 heteroatoms. The Hall–Kier alpha value is -1.25. The van der Waals surface area contributed by atoms with Crippen molar-refractivity contribution >= 4 is 21.4 Å². The smallest absolute Gasteiger partial charge is 0.250 e. The standard InChI is InChI=1S/C9H11N3O3S2/c1-7-11-12-8(15-7)4-5-10-17(13,14)9-3-2-6-16-9/h2-3,6,10H,4-5H2,1H3. The second-order valence-corrected chi connectivity index (χ2v) is 6.24. The van der Waals surface area contributed by atoms with Crippen LogP contribution in [0.4, 0.5) is 0 Å². The molecule has 92 valence electrons. The van der Waals surface area contributed by atoms with E-state index in [-0.39, 0.29) is 6.54 Å². The van der Waals surface area contributed by atoms with E-state index in [1.54, 1.807) is 24.4 Å². The number of nitrogens with one attached hydrogen (secondary N) is 1. The van der Waals surface area contributed by atoms with Crippen molar-refractivity contribution in [3.8, 4) is 0 Å². The summed E-state index contributed by atoms with van der Waals surface area (Å²) in [5, 5.41) is 9.16. The molecule has 17 heavy (non-hydrogen) atoms. The first-order valence-electron chi connectivity index (χ1n) is 4.90. The lowest BCUT2D eigenvalue weighted by molar-refractivity contribution is 0.466. The Morgan fingerprint density at radius 3 is 2.88 bits per heavy atom. The van der Waals surface area contributed by atoms with Crippen LogP contribution in [0, 0.1) is 6.92 Å². The molecule has 0 radical (unpaired) electrons. The fourth-order valence-corrected chi connectivity index (χ4v) is 3.29. The maximum Gasteiger partial charge on any atom is 0.250 e. The molecule has 0 aliphatic rings. The monoisotopic (exact) mass is 273 g/mol. The van der Waals surface area contributed by atoms with E-state index in [1.165, 1.54) is 11.3 Å². The van der Waals surface area contributed by atoms with Gasteiger partial charge in [0.1, 0.15) is 4.21 Å². The first kappa shape index (κ1) is 12.2. The van der Waals surface area contributed by atoms with Gasteiger partial charge in [0, 0.05) is 19.9 Å². The van der Waals surface area contributed by atoms with E-state index in [9.17, 15) is 8.42 Å². The van der Waals surface area contributed by atoms with Crippen LogP contribution in [0.1, 0.15) is 11.8 Å². The molecule has 0 aliphatic heterocycles. The number of aryl methyl sites for hydroxylation is 1. The molecule has 2 aromatic rings. The van der Waals surface area contributed by atoms with Gasteiger partial charge in [0.05, 0.1) is 0 Å². The number of sulfonamides is 1. The molecule has 2 heterocycles. The van der Waals surface area contributed by atoms with Crippen LogP contribution in [-0.4, -0.2) is 25.2 Å². The summed E-state index contributed by atoms with van der Waals surface area (Å²) in [6, 6.07) is 3.25. The Bertz CT molecular complexity index is 574. The summed E-state index contributed by atoms with van der Waals surface area (Å²) in [5.41, 5.74) is 0. The van der Waals surface area contributed by atoms with Gasteiger partial charge < -0.3 is 4.42 Å². The highest BCUT2D eigenvalue weighted by molar-refractivity contribution is 7.91. The third-order valence-corrected chi connectivity index (χ3v) is 4.82. The van der Waals surface area contributed by atoms with Crippen molar-refractivity contribution < 1.29 is 12.8 Å². The Balaban J connectivity index is 1.91. The highest BCUT2D eigenvalue weighted by atomic mass is 32.2. The normalized spacial score (nSPS) is 11.8. The van der Waals surface area contributed by atoms with Crippen molar-refractivity contribution in [1.82, 2.24) is 14.9 Å². The number of hydrogen-bond donors (Lipinski definition) is 1. The highest BCUT2D eigenvalue weighted by Gasteiger charge is 2.14. The van der Waals surface area contributed by atoms with Crippen LogP contribution in [0.15, 0.2) is 26.1 Å². The van der Waals surface area contributed by atoms with Crippen LogP contribution in [0.3, 0.4) is 0 Å². The zero-order valence-corrected chi connectivity index (χ0v) is 10.7. The van der Waals surface area contributed by atoms with E-state index in [1.807, 2.05) is 0 Å². The molecular formula is C9H11N3O3S2. The number of thiophene rings is 1. The summed E-state index contributed by atoms with van der Waals surface area (Å²) >= 11 is 1.18. The molecule has 0 aromatic carbocycles. The maximum absolute atomic E-state index is 11.7. The van der Waals surface area contributed by atoms with Gasteiger partial charge in [-0.05, 0) is 11.4 Å². The number of rotatable bonds is 5. The van der Waals surface area contributed by atoms with Crippen LogP contribution in [0.5, 0.6) is 0 Å². The fraction of sp³-hybridized carbons (Fsp3) is 0.333. The van der Waals surface area contributed by atoms with Gasteiger partial charge in [-0.1, -0.05) is 6.07 Å². The van der Waals surface area contributed by atoms with Gasteiger partial charge in [-0.2, -0.15) is 0 Å². The van der Waals surface area contributed by atoms with Gasteiger partial charge in [-0.3, -0.25) is 0 Å². The molecule has 0 atom stereocenters. The van der Waals surface area contributed by atoms with Crippen LogP contribution in [-0.2, 0) is 16.4 Å². The molecular weight excluding hydrogens is 262 g/mol. The third kappa shape index (κ3) is 3.11. The average molecular weight is 273 g/mol. The van der Waals surface area contributed by atoms with Gasteiger partial charge in [0.15, 0.2) is 0 Å². The lowest BCUT2D eigenvalue weighted by atomic mass is 10.4. The maximum atomic E-state index is 11.7. The van der Waals surface area contributed by atoms with Crippen molar-refractivity contribution in [3.63, 3.8) is 0 Å². The highest BCUT2D eigenvalue weighted by Crippen LogP contribution is 2.15. The number of nitrogens with zero attached hydrogens (tertiary/aromatic N) is 2.